The maximum absolute atomic E-state index is 2.42. The van der Waals surface area contributed by atoms with Crippen LogP contribution in [0, 0.1) is 0 Å². The van der Waals surface area contributed by atoms with E-state index in [9.17, 15) is 0 Å². The van der Waals surface area contributed by atoms with Crippen molar-refractivity contribution in [1.29, 1.82) is 0 Å². The van der Waals surface area contributed by atoms with Crippen LogP contribution in [0.4, 0.5) is 17.1 Å². The van der Waals surface area contributed by atoms with Gasteiger partial charge in [-0.25, -0.2) is 0 Å². The number of fused-ring (bicyclic) bond motifs is 7. The highest BCUT2D eigenvalue weighted by atomic mass is 15.2. The van der Waals surface area contributed by atoms with Crippen LogP contribution in [0.15, 0.2) is 243 Å². The molecule has 62 heavy (non-hydrogen) atoms. The third-order valence-electron chi connectivity index (χ3n) is 12.6. The summed E-state index contributed by atoms with van der Waals surface area (Å²) in [4.78, 5) is 2.41. The van der Waals surface area contributed by atoms with Gasteiger partial charge in [0.05, 0.1) is 22.4 Å². The van der Waals surface area contributed by atoms with Crippen molar-refractivity contribution in [3.63, 3.8) is 0 Å². The molecule has 0 unspecified atom stereocenters. The summed E-state index contributed by atoms with van der Waals surface area (Å²) in [5, 5.41) is 10.1. The van der Waals surface area contributed by atoms with Crippen molar-refractivity contribution in [3.05, 3.63) is 243 Å². The molecule has 1 heterocycles. The topological polar surface area (TPSA) is 8.17 Å². The Hall–Kier alpha value is -8.20. The molecule has 0 bridgehead atoms. The summed E-state index contributed by atoms with van der Waals surface area (Å²) < 4.78 is 2.42. The van der Waals surface area contributed by atoms with E-state index in [0.29, 0.717) is 0 Å². The van der Waals surface area contributed by atoms with E-state index in [1.807, 2.05) is 0 Å². The monoisotopic (exact) mass is 788 g/mol. The van der Waals surface area contributed by atoms with Gasteiger partial charge in [-0.15, -0.1) is 0 Å². The number of hydrogen-bond acceptors (Lipinski definition) is 1. The van der Waals surface area contributed by atoms with E-state index in [1.54, 1.807) is 0 Å². The lowest BCUT2D eigenvalue weighted by molar-refractivity contribution is 1.15. The standard InChI is InChI=1S/C60H40N2/c1-3-16-49-43(13-1)15-11-20-50(49)45-29-27-41(28-30-45)42-31-36-47(37-32-42)61(59-25-9-10-26-60(59)62-57-23-7-5-18-55(57)56-19-6-8-24-58(56)62)48-38-33-46(34-39-48)52-21-12-22-53-51-17-4-2-14-44(51)35-40-54(52)53/h1-40H. The molecule has 12 rings (SSSR count). The molecule has 0 radical (unpaired) electrons. The van der Waals surface area contributed by atoms with Gasteiger partial charge in [0, 0.05) is 22.1 Å². The van der Waals surface area contributed by atoms with Gasteiger partial charge < -0.3 is 9.47 Å². The van der Waals surface area contributed by atoms with Crippen LogP contribution < -0.4 is 4.90 Å². The van der Waals surface area contributed by atoms with Crippen LogP contribution in [-0.2, 0) is 0 Å². The predicted octanol–water partition coefficient (Wildman–Crippen LogP) is 16.7. The van der Waals surface area contributed by atoms with Crippen molar-refractivity contribution in [2.24, 2.45) is 0 Å². The number of benzene rings is 11. The maximum atomic E-state index is 2.42. The second-order valence-electron chi connectivity index (χ2n) is 16.1. The Morgan fingerprint density at radius 1 is 0.258 bits per heavy atom. The molecule has 0 N–H and O–H groups in total. The molecule has 2 heteroatoms. The second-order valence-corrected chi connectivity index (χ2v) is 16.1. The first kappa shape index (κ1) is 35.7. The van der Waals surface area contributed by atoms with E-state index < -0.39 is 0 Å². The van der Waals surface area contributed by atoms with Gasteiger partial charge in [0.1, 0.15) is 0 Å². The molecule has 0 saturated heterocycles. The van der Waals surface area contributed by atoms with Crippen LogP contribution in [-0.4, -0.2) is 4.57 Å². The molecule has 12 aromatic rings. The van der Waals surface area contributed by atoms with Gasteiger partial charge in [-0.3, -0.25) is 0 Å². The molecule has 0 spiro atoms. The fourth-order valence-corrected chi connectivity index (χ4v) is 9.66. The smallest absolute Gasteiger partial charge is 0.0702 e. The van der Waals surface area contributed by atoms with Gasteiger partial charge in [0.25, 0.3) is 0 Å². The predicted molar refractivity (Wildman–Crippen MR) is 264 cm³/mol. The summed E-state index contributed by atoms with van der Waals surface area (Å²) in [6.45, 7) is 0. The van der Waals surface area contributed by atoms with Crippen LogP contribution >= 0.6 is 0 Å². The largest absolute Gasteiger partial charge is 0.308 e. The average molecular weight is 789 g/mol. The van der Waals surface area contributed by atoms with Gasteiger partial charge >= 0.3 is 0 Å². The molecule has 2 nitrogen and oxygen atoms in total. The summed E-state index contributed by atoms with van der Waals surface area (Å²) >= 11 is 0. The van der Waals surface area contributed by atoms with Crippen LogP contribution in [0.3, 0.4) is 0 Å². The van der Waals surface area contributed by atoms with E-state index in [4.69, 9.17) is 0 Å². The lowest BCUT2D eigenvalue weighted by Gasteiger charge is -2.28. The van der Waals surface area contributed by atoms with Crippen LogP contribution in [0.5, 0.6) is 0 Å². The Bertz CT molecular complexity index is 3560. The minimum Gasteiger partial charge on any atom is -0.308 e. The average Bonchev–Trinajstić information content (AvgIpc) is 3.68. The van der Waals surface area contributed by atoms with Crippen LogP contribution in [0.25, 0.3) is 93.2 Å². The van der Waals surface area contributed by atoms with Crippen LogP contribution in [0.1, 0.15) is 0 Å². The number of anilines is 3. The summed E-state index contributed by atoms with van der Waals surface area (Å²) in [7, 11) is 0. The minimum atomic E-state index is 1.08. The maximum Gasteiger partial charge on any atom is 0.0702 e. The van der Waals surface area contributed by atoms with E-state index in [1.165, 1.54) is 87.5 Å². The normalized spacial score (nSPS) is 11.5. The van der Waals surface area contributed by atoms with Gasteiger partial charge in [0.15, 0.2) is 0 Å². The zero-order valence-corrected chi connectivity index (χ0v) is 34.0. The highest BCUT2D eigenvalue weighted by Crippen LogP contribution is 2.43. The minimum absolute atomic E-state index is 1.08. The third kappa shape index (κ3) is 5.96. The number of para-hydroxylation sites is 4. The molecular weight excluding hydrogens is 749 g/mol. The zero-order chi connectivity index (χ0) is 41.0. The molecule has 0 aliphatic heterocycles. The molecule has 290 valence electrons. The SMILES string of the molecule is c1ccc(-n2c3ccccc3c3ccccc32)c(N(c2ccc(-c3ccc(-c4cccc5ccccc45)cc3)cc2)c2ccc(-c3cccc4c3ccc3ccccc34)cc2)c1. The Labute approximate surface area is 360 Å². The Morgan fingerprint density at radius 3 is 1.35 bits per heavy atom. The lowest BCUT2D eigenvalue weighted by atomic mass is 9.94. The van der Waals surface area contributed by atoms with Gasteiger partial charge in [0.2, 0.25) is 0 Å². The van der Waals surface area contributed by atoms with Crippen molar-refractivity contribution in [2.45, 2.75) is 0 Å². The lowest BCUT2D eigenvalue weighted by Crippen LogP contribution is -2.13. The van der Waals surface area contributed by atoms with Crippen molar-refractivity contribution < 1.29 is 0 Å². The van der Waals surface area contributed by atoms with E-state index >= 15 is 0 Å². The molecule has 0 aliphatic rings. The molecule has 0 saturated carbocycles. The number of nitrogens with zero attached hydrogens (tertiary/aromatic N) is 2. The zero-order valence-electron chi connectivity index (χ0n) is 34.0. The highest BCUT2D eigenvalue weighted by molar-refractivity contribution is 6.12. The number of rotatable bonds is 7. The molecule has 0 aliphatic carbocycles. The number of aromatic nitrogens is 1. The molecule has 0 fully saturated rings. The summed E-state index contributed by atoms with van der Waals surface area (Å²) in [5.74, 6) is 0. The van der Waals surface area contributed by atoms with Crippen LogP contribution in [0.2, 0.25) is 0 Å². The Morgan fingerprint density at radius 2 is 0.694 bits per heavy atom. The van der Waals surface area contributed by atoms with Gasteiger partial charge in [-0.1, -0.05) is 194 Å². The van der Waals surface area contributed by atoms with Crippen molar-refractivity contribution in [2.75, 3.05) is 4.90 Å². The fraction of sp³-hybridized carbons (Fsp3) is 0. The first-order chi connectivity index (χ1) is 30.8. The van der Waals surface area contributed by atoms with Gasteiger partial charge in [-0.2, -0.15) is 0 Å². The fourth-order valence-electron chi connectivity index (χ4n) is 9.66. The second kappa shape index (κ2) is 14.8. The molecule has 1 aromatic heterocycles. The first-order valence-corrected chi connectivity index (χ1v) is 21.3. The van der Waals surface area contributed by atoms with Crippen molar-refractivity contribution in [3.8, 4) is 39.1 Å². The Kier molecular flexibility index (Phi) is 8.53. The third-order valence-corrected chi connectivity index (χ3v) is 12.6. The summed E-state index contributed by atoms with van der Waals surface area (Å²) in [5.41, 5.74) is 14.0. The quantitative estimate of drug-likeness (QED) is 0.146. The van der Waals surface area contributed by atoms with E-state index in [-0.39, 0.29) is 0 Å². The van der Waals surface area contributed by atoms with E-state index in [0.717, 1.165) is 22.7 Å². The highest BCUT2D eigenvalue weighted by Gasteiger charge is 2.21. The van der Waals surface area contributed by atoms with E-state index in [2.05, 4.69) is 252 Å². The van der Waals surface area contributed by atoms with Crippen molar-refractivity contribution in [1.82, 2.24) is 4.57 Å². The molecule has 11 aromatic carbocycles. The molecular formula is C60H40N2. The van der Waals surface area contributed by atoms with Gasteiger partial charge in [-0.05, 0) is 114 Å². The summed E-state index contributed by atoms with van der Waals surface area (Å²) in [6.07, 6.45) is 0. The number of hydrogen-bond donors (Lipinski definition) is 0. The molecule has 0 amide bonds. The molecule has 0 atom stereocenters. The van der Waals surface area contributed by atoms with Crippen molar-refractivity contribution >= 4 is 71.2 Å². The summed E-state index contributed by atoms with van der Waals surface area (Å²) in [6, 6.07) is 88.4. The Balaban J connectivity index is 0.978. The first-order valence-electron chi connectivity index (χ1n) is 21.3.